The Kier molecular flexibility index (Phi) is 4.50. The lowest BCUT2D eigenvalue weighted by Gasteiger charge is -2.49. The zero-order valence-corrected chi connectivity index (χ0v) is 16.5. The Hall–Kier alpha value is -1.55. The summed E-state index contributed by atoms with van der Waals surface area (Å²) in [5.41, 5.74) is 1.93. The van der Waals surface area contributed by atoms with E-state index in [9.17, 15) is 4.79 Å². The zero-order valence-electron chi connectivity index (χ0n) is 16.5. The molecule has 2 aliphatic heterocycles. The summed E-state index contributed by atoms with van der Waals surface area (Å²) in [6, 6.07) is 8.58. The average Bonchev–Trinajstić information content (AvgIpc) is 2.62. The van der Waals surface area contributed by atoms with E-state index >= 15 is 0 Å². The van der Waals surface area contributed by atoms with Crippen LogP contribution in [0.25, 0.3) is 0 Å². The van der Waals surface area contributed by atoms with E-state index in [1.807, 2.05) is 24.3 Å². The summed E-state index contributed by atoms with van der Waals surface area (Å²) in [7, 11) is 0. The van der Waals surface area contributed by atoms with E-state index in [1.165, 1.54) is 25.7 Å². The lowest BCUT2D eigenvalue weighted by molar-refractivity contribution is 0.0558. The third kappa shape index (κ3) is 3.36. The number of anilines is 1. The second-order valence-electron chi connectivity index (χ2n) is 9.61. The summed E-state index contributed by atoms with van der Waals surface area (Å²) >= 11 is 0. The van der Waals surface area contributed by atoms with E-state index in [2.05, 4.69) is 36.3 Å². The molecule has 2 N–H and O–H groups in total. The first-order valence-electron chi connectivity index (χ1n) is 10.3. The minimum Gasteiger partial charge on any atom is -0.362 e. The van der Waals surface area contributed by atoms with Gasteiger partial charge < -0.3 is 15.5 Å². The van der Waals surface area contributed by atoms with E-state index in [0.29, 0.717) is 5.41 Å². The number of nitrogens with zero attached hydrogens (tertiary/aromatic N) is 1. The van der Waals surface area contributed by atoms with Crippen molar-refractivity contribution in [3.05, 3.63) is 29.8 Å². The van der Waals surface area contributed by atoms with Gasteiger partial charge in [0.2, 0.25) is 0 Å². The second kappa shape index (κ2) is 6.56. The van der Waals surface area contributed by atoms with E-state index in [-0.39, 0.29) is 11.6 Å². The van der Waals surface area contributed by atoms with Crippen molar-refractivity contribution in [1.82, 2.24) is 10.2 Å². The normalized spacial score (nSPS) is 29.0. The standard InChI is InChI=1S/C22H33N3O/c1-21(2,3)16-8-10-17(11-9-16)25-14-12-22(13-15-25)23-19-7-5-4-6-18(19)20(26)24-22/h4-7,16-17,23H,8-15H2,1-3H3,(H,24,26). The monoisotopic (exact) mass is 355 g/mol. The lowest BCUT2D eigenvalue weighted by Crippen LogP contribution is -2.63. The van der Waals surface area contributed by atoms with Gasteiger partial charge in [-0.25, -0.2) is 0 Å². The molecule has 1 aliphatic carbocycles. The number of fused-ring (bicyclic) bond motifs is 1. The molecule has 2 heterocycles. The molecule has 0 radical (unpaired) electrons. The van der Waals surface area contributed by atoms with Gasteiger partial charge >= 0.3 is 0 Å². The van der Waals surface area contributed by atoms with Gasteiger partial charge in [-0.2, -0.15) is 0 Å². The predicted octanol–water partition coefficient (Wildman–Crippen LogP) is 4.24. The number of rotatable bonds is 1. The summed E-state index contributed by atoms with van der Waals surface area (Å²) < 4.78 is 0. The highest BCUT2D eigenvalue weighted by Gasteiger charge is 2.42. The summed E-state index contributed by atoms with van der Waals surface area (Å²) in [6.07, 6.45) is 7.34. The molecule has 0 unspecified atom stereocenters. The van der Waals surface area contributed by atoms with Crippen LogP contribution < -0.4 is 10.6 Å². The molecule has 2 fully saturated rings. The quantitative estimate of drug-likeness (QED) is 0.792. The molecule has 1 saturated carbocycles. The highest BCUT2D eigenvalue weighted by Crippen LogP contribution is 2.40. The fraction of sp³-hybridized carbons (Fsp3) is 0.682. The van der Waals surface area contributed by atoms with Gasteiger partial charge in [0.1, 0.15) is 5.66 Å². The Balaban J connectivity index is 1.36. The number of piperidine rings is 1. The molecule has 4 heteroatoms. The van der Waals surface area contributed by atoms with Crippen molar-refractivity contribution in [3.63, 3.8) is 0 Å². The van der Waals surface area contributed by atoms with E-state index in [4.69, 9.17) is 0 Å². The van der Waals surface area contributed by atoms with Crippen LogP contribution in [0.15, 0.2) is 24.3 Å². The SMILES string of the molecule is CC(C)(C)C1CCC(N2CCC3(CC2)NC(=O)c2ccccc2N3)CC1. The van der Waals surface area contributed by atoms with Gasteiger partial charge in [0, 0.05) is 37.7 Å². The van der Waals surface area contributed by atoms with Crippen LogP contribution in [0.3, 0.4) is 0 Å². The third-order valence-electron chi connectivity index (χ3n) is 6.99. The van der Waals surface area contributed by atoms with Gasteiger partial charge in [-0.3, -0.25) is 4.79 Å². The van der Waals surface area contributed by atoms with Crippen LogP contribution in [0, 0.1) is 11.3 Å². The topological polar surface area (TPSA) is 44.4 Å². The molecule has 0 aromatic heterocycles. The van der Waals surface area contributed by atoms with Crippen molar-refractivity contribution < 1.29 is 4.79 Å². The van der Waals surface area contributed by atoms with Crippen LogP contribution in [0.5, 0.6) is 0 Å². The number of likely N-dealkylation sites (tertiary alicyclic amines) is 1. The Morgan fingerprint density at radius 1 is 1.00 bits per heavy atom. The number of para-hydroxylation sites is 1. The Labute approximate surface area is 157 Å². The van der Waals surface area contributed by atoms with Crippen LogP contribution in [0.2, 0.25) is 0 Å². The number of benzene rings is 1. The van der Waals surface area contributed by atoms with Crippen molar-refractivity contribution >= 4 is 11.6 Å². The van der Waals surface area contributed by atoms with Gasteiger partial charge in [-0.05, 0) is 49.1 Å². The van der Waals surface area contributed by atoms with Gasteiger partial charge in [0.25, 0.3) is 5.91 Å². The third-order valence-corrected chi connectivity index (χ3v) is 6.99. The van der Waals surface area contributed by atoms with Crippen molar-refractivity contribution in [2.75, 3.05) is 18.4 Å². The van der Waals surface area contributed by atoms with Gasteiger partial charge in [0.05, 0.1) is 5.56 Å². The molecule has 26 heavy (non-hydrogen) atoms. The molecule has 1 amide bonds. The lowest BCUT2D eigenvalue weighted by atomic mass is 9.71. The zero-order chi connectivity index (χ0) is 18.4. The van der Waals surface area contributed by atoms with Crippen molar-refractivity contribution in [3.8, 4) is 0 Å². The molecule has 3 aliphatic rings. The minimum absolute atomic E-state index is 0.0680. The molecular formula is C22H33N3O. The van der Waals surface area contributed by atoms with Crippen LogP contribution >= 0.6 is 0 Å². The molecule has 1 aromatic rings. The molecule has 0 atom stereocenters. The second-order valence-corrected chi connectivity index (χ2v) is 9.61. The molecule has 1 aromatic carbocycles. The van der Waals surface area contributed by atoms with Gasteiger partial charge in [-0.1, -0.05) is 32.9 Å². The van der Waals surface area contributed by atoms with Crippen molar-refractivity contribution in [2.24, 2.45) is 11.3 Å². The number of hydrogen-bond donors (Lipinski definition) is 2. The van der Waals surface area contributed by atoms with Crippen LogP contribution in [0.1, 0.15) is 69.7 Å². The summed E-state index contributed by atoms with van der Waals surface area (Å²) in [5, 5.41) is 6.90. The largest absolute Gasteiger partial charge is 0.362 e. The maximum atomic E-state index is 12.5. The molecule has 4 rings (SSSR count). The average molecular weight is 356 g/mol. The minimum atomic E-state index is -0.259. The fourth-order valence-corrected chi connectivity index (χ4v) is 5.19. The smallest absolute Gasteiger partial charge is 0.255 e. The number of hydrogen-bond acceptors (Lipinski definition) is 3. The molecule has 0 bridgehead atoms. The first kappa shape index (κ1) is 17.8. The maximum absolute atomic E-state index is 12.5. The first-order chi connectivity index (χ1) is 12.4. The van der Waals surface area contributed by atoms with Gasteiger partial charge in [-0.15, -0.1) is 0 Å². The molecule has 142 valence electrons. The highest BCUT2D eigenvalue weighted by atomic mass is 16.2. The van der Waals surface area contributed by atoms with Gasteiger partial charge in [0.15, 0.2) is 0 Å². The number of carbonyl (C=O) groups excluding carboxylic acids is 1. The Morgan fingerprint density at radius 2 is 1.65 bits per heavy atom. The van der Waals surface area contributed by atoms with Crippen LogP contribution in [-0.4, -0.2) is 35.6 Å². The Morgan fingerprint density at radius 3 is 2.31 bits per heavy atom. The summed E-state index contributed by atoms with van der Waals surface area (Å²) in [6.45, 7) is 9.30. The molecule has 1 spiro atoms. The van der Waals surface area contributed by atoms with Crippen LogP contribution in [0.4, 0.5) is 5.69 Å². The Bertz CT molecular complexity index is 662. The van der Waals surface area contributed by atoms with Crippen molar-refractivity contribution in [1.29, 1.82) is 0 Å². The highest BCUT2D eigenvalue weighted by molar-refractivity contribution is 6.02. The van der Waals surface area contributed by atoms with E-state index in [0.717, 1.165) is 49.1 Å². The summed E-state index contributed by atoms with van der Waals surface area (Å²) in [5.74, 6) is 0.934. The number of nitrogens with one attached hydrogen (secondary N) is 2. The predicted molar refractivity (Wildman–Crippen MR) is 106 cm³/mol. The number of carbonyl (C=O) groups is 1. The van der Waals surface area contributed by atoms with E-state index in [1.54, 1.807) is 0 Å². The molecule has 4 nitrogen and oxygen atoms in total. The van der Waals surface area contributed by atoms with Crippen LogP contribution in [-0.2, 0) is 0 Å². The first-order valence-corrected chi connectivity index (χ1v) is 10.3. The summed E-state index contributed by atoms with van der Waals surface area (Å²) in [4.78, 5) is 15.2. The number of amides is 1. The van der Waals surface area contributed by atoms with E-state index < -0.39 is 0 Å². The molecular weight excluding hydrogens is 322 g/mol. The fourth-order valence-electron chi connectivity index (χ4n) is 5.19. The molecule has 1 saturated heterocycles. The van der Waals surface area contributed by atoms with Crippen molar-refractivity contribution in [2.45, 2.75) is 71.0 Å². The maximum Gasteiger partial charge on any atom is 0.255 e.